The molecule has 0 aliphatic heterocycles. The van der Waals surface area contributed by atoms with E-state index in [4.69, 9.17) is 9.47 Å². The third-order valence-electron chi connectivity index (χ3n) is 4.18. The fourth-order valence-electron chi connectivity index (χ4n) is 2.58. The number of hydrogen-bond donors (Lipinski definition) is 2. The molecule has 0 aliphatic rings. The van der Waals surface area contributed by atoms with Crippen LogP contribution in [-0.4, -0.2) is 23.6 Å². The van der Waals surface area contributed by atoms with Crippen LogP contribution in [0.4, 0.5) is 20.6 Å². The number of anilines is 1. The first-order valence-corrected chi connectivity index (χ1v) is 9.34. The second-order valence-corrected chi connectivity index (χ2v) is 6.18. The van der Waals surface area contributed by atoms with Crippen LogP contribution in [0.1, 0.15) is 33.6 Å². The maximum absolute atomic E-state index is 14.5. The van der Waals surface area contributed by atoms with E-state index in [1.165, 1.54) is 30.3 Å². The molecule has 0 bridgehead atoms. The lowest BCUT2D eigenvalue weighted by Crippen LogP contribution is -2.37. The summed E-state index contributed by atoms with van der Waals surface area (Å²) in [4.78, 5) is 22.3. The van der Waals surface area contributed by atoms with E-state index in [-0.39, 0.29) is 34.7 Å². The van der Waals surface area contributed by atoms with Gasteiger partial charge in [-0.25, -0.2) is 9.18 Å². The van der Waals surface area contributed by atoms with Crippen molar-refractivity contribution >= 4 is 17.4 Å². The molecule has 0 unspecified atom stereocenters. The molecular formula is C20H24FN3O5. The van der Waals surface area contributed by atoms with Crippen molar-refractivity contribution in [2.75, 3.05) is 11.9 Å². The van der Waals surface area contributed by atoms with E-state index in [1.807, 2.05) is 13.8 Å². The van der Waals surface area contributed by atoms with Gasteiger partial charge in [0.2, 0.25) is 0 Å². The van der Waals surface area contributed by atoms with Crippen molar-refractivity contribution in [1.29, 1.82) is 0 Å². The summed E-state index contributed by atoms with van der Waals surface area (Å²) in [6.07, 6.45) is 1.53. The van der Waals surface area contributed by atoms with Crippen molar-refractivity contribution in [2.45, 2.75) is 39.7 Å². The third-order valence-corrected chi connectivity index (χ3v) is 4.18. The summed E-state index contributed by atoms with van der Waals surface area (Å²) in [5.41, 5.74) is -0.135. The van der Waals surface area contributed by atoms with E-state index in [0.717, 1.165) is 18.9 Å². The summed E-state index contributed by atoms with van der Waals surface area (Å²) in [7, 11) is 0. The molecule has 2 aromatic carbocycles. The van der Waals surface area contributed by atoms with E-state index >= 15 is 0 Å². The van der Waals surface area contributed by atoms with Crippen molar-refractivity contribution < 1.29 is 23.6 Å². The van der Waals surface area contributed by atoms with Gasteiger partial charge in [0.05, 0.1) is 17.2 Å². The van der Waals surface area contributed by atoms with Gasteiger partial charge in [0.1, 0.15) is 5.75 Å². The Balaban J connectivity index is 2.22. The number of hydrogen-bond acceptors (Lipinski definition) is 5. The largest absolute Gasteiger partial charge is 0.490 e. The van der Waals surface area contributed by atoms with E-state index in [0.29, 0.717) is 6.61 Å². The SMILES string of the molecule is CCOc1cc(NC(=O)NC(CC)CC)c(F)cc1Oc1ccc([N+](=O)[O-])cc1. The number of nitrogens with one attached hydrogen (secondary N) is 2. The maximum Gasteiger partial charge on any atom is 0.319 e. The summed E-state index contributed by atoms with van der Waals surface area (Å²) in [6.45, 7) is 5.95. The number of urea groups is 1. The number of rotatable bonds is 9. The van der Waals surface area contributed by atoms with Gasteiger partial charge in [-0.15, -0.1) is 0 Å². The highest BCUT2D eigenvalue weighted by Crippen LogP contribution is 2.36. The molecule has 0 saturated carbocycles. The van der Waals surface area contributed by atoms with Gasteiger partial charge in [-0.3, -0.25) is 10.1 Å². The van der Waals surface area contributed by atoms with Crippen LogP contribution in [0, 0.1) is 15.9 Å². The number of nitro groups is 1. The Kier molecular flexibility index (Phi) is 7.76. The van der Waals surface area contributed by atoms with E-state index < -0.39 is 16.8 Å². The van der Waals surface area contributed by atoms with Gasteiger partial charge in [-0.2, -0.15) is 0 Å². The number of benzene rings is 2. The topological polar surface area (TPSA) is 103 Å². The highest BCUT2D eigenvalue weighted by Gasteiger charge is 2.16. The van der Waals surface area contributed by atoms with Crippen LogP contribution < -0.4 is 20.1 Å². The first kappa shape index (κ1) is 21.9. The predicted molar refractivity (Wildman–Crippen MR) is 107 cm³/mol. The molecule has 2 rings (SSSR count). The van der Waals surface area contributed by atoms with E-state index in [2.05, 4.69) is 10.6 Å². The lowest BCUT2D eigenvalue weighted by atomic mass is 10.2. The van der Waals surface area contributed by atoms with Gasteiger partial charge in [0, 0.05) is 30.3 Å². The van der Waals surface area contributed by atoms with Crippen molar-refractivity contribution in [3.05, 3.63) is 52.3 Å². The molecule has 29 heavy (non-hydrogen) atoms. The summed E-state index contributed by atoms with van der Waals surface area (Å²) >= 11 is 0. The number of carbonyl (C=O) groups excluding carboxylic acids is 1. The van der Waals surface area contributed by atoms with E-state index in [1.54, 1.807) is 6.92 Å². The quantitative estimate of drug-likeness (QED) is 0.439. The summed E-state index contributed by atoms with van der Waals surface area (Å²) in [5, 5.41) is 16.0. The first-order valence-electron chi connectivity index (χ1n) is 9.34. The Bertz CT molecular complexity index is 854. The molecule has 8 nitrogen and oxygen atoms in total. The lowest BCUT2D eigenvalue weighted by Gasteiger charge is -2.17. The maximum atomic E-state index is 14.5. The van der Waals surface area contributed by atoms with Gasteiger partial charge in [-0.1, -0.05) is 13.8 Å². The predicted octanol–water partition coefficient (Wildman–Crippen LogP) is 5.24. The van der Waals surface area contributed by atoms with Crippen molar-refractivity contribution in [3.63, 3.8) is 0 Å². The molecule has 156 valence electrons. The zero-order chi connectivity index (χ0) is 21.4. The van der Waals surface area contributed by atoms with Crippen LogP contribution in [0.25, 0.3) is 0 Å². The molecule has 0 atom stereocenters. The van der Waals surface area contributed by atoms with Gasteiger partial charge in [0.15, 0.2) is 17.3 Å². The molecular weight excluding hydrogens is 381 g/mol. The minimum absolute atomic E-state index is 0.00540. The smallest absolute Gasteiger partial charge is 0.319 e. The molecule has 0 aliphatic carbocycles. The Morgan fingerprint density at radius 3 is 2.34 bits per heavy atom. The molecule has 0 spiro atoms. The Hall–Kier alpha value is -3.36. The number of halogens is 1. The third kappa shape index (κ3) is 6.06. The van der Waals surface area contributed by atoms with Crippen LogP contribution in [0.15, 0.2) is 36.4 Å². The highest BCUT2D eigenvalue weighted by atomic mass is 19.1. The Morgan fingerprint density at radius 1 is 1.14 bits per heavy atom. The molecule has 2 amide bonds. The minimum Gasteiger partial charge on any atom is -0.490 e. The van der Waals surface area contributed by atoms with Gasteiger partial charge >= 0.3 is 6.03 Å². The second-order valence-electron chi connectivity index (χ2n) is 6.18. The number of nitro benzene ring substituents is 1. The second kappa shape index (κ2) is 10.3. The average Bonchev–Trinajstić information content (AvgIpc) is 2.70. The monoisotopic (exact) mass is 405 g/mol. The van der Waals surface area contributed by atoms with Crippen LogP contribution in [0.2, 0.25) is 0 Å². The summed E-state index contributed by atoms with van der Waals surface area (Å²) in [5.74, 6) is -0.109. The first-order chi connectivity index (χ1) is 13.9. The molecule has 2 aromatic rings. The lowest BCUT2D eigenvalue weighted by molar-refractivity contribution is -0.384. The van der Waals surface area contributed by atoms with Crippen molar-refractivity contribution in [3.8, 4) is 17.2 Å². The fourth-order valence-corrected chi connectivity index (χ4v) is 2.58. The normalized spacial score (nSPS) is 10.5. The number of non-ortho nitro benzene ring substituents is 1. The summed E-state index contributed by atoms with van der Waals surface area (Å²) in [6, 6.07) is 7.29. The highest BCUT2D eigenvalue weighted by molar-refractivity contribution is 5.90. The van der Waals surface area contributed by atoms with E-state index in [9.17, 15) is 19.3 Å². The molecule has 0 aromatic heterocycles. The zero-order valence-corrected chi connectivity index (χ0v) is 16.5. The van der Waals surface area contributed by atoms with Crippen LogP contribution >= 0.6 is 0 Å². The molecule has 0 heterocycles. The average molecular weight is 405 g/mol. The van der Waals surface area contributed by atoms with Crippen LogP contribution in [-0.2, 0) is 0 Å². The Labute approximate surface area is 168 Å². The molecule has 0 fully saturated rings. The van der Waals surface area contributed by atoms with Gasteiger partial charge < -0.3 is 20.1 Å². The fraction of sp³-hybridized carbons (Fsp3) is 0.350. The number of amides is 2. The Morgan fingerprint density at radius 2 is 1.79 bits per heavy atom. The van der Waals surface area contributed by atoms with Crippen LogP contribution in [0.5, 0.6) is 17.2 Å². The minimum atomic E-state index is -0.704. The molecule has 9 heteroatoms. The van der Waals surface area contributed by atoms with Crippen molar-refractivity contribution in [2.24, 2.45) is 0 Å². The molecule has 2 N–H and O–H groups in total. The van der Waals surface area contributed by atoms with Crippen molar-refractivity contribution in [1.82, 2.24) is 5.32 Å². The zero-order valence-electron chi connectivity index (χ0n) is 16.5. The standard InChI is InChI=1S/C20H24FN3O5/c1-4-13(5-2)22-20(25)23-17-12-18(28-6-3)19(11-16(17)21)29-15-9-7-14(8-10-15)24(26)27/h7-13H,4-6H2,1-3H3,(H2,22,23,25). The summed E-state index contributed by atoms with van der Waals surface area (Å²) < 4.78 is 25.7. The van der Waals surface area contributed by atoms with Gasteiger partial charge in [-0.05, 0) is 31.9 Å². The van der Waals surface area contributed by atoms with Crippen LogP contribution in [0.3, 0.4) is 0 Å². The molecule has 0 radical (unpaired) electrons. The van der Waals surface area contributed by atoms with Gasteiger partial charge in [0.25, 0.3) is 5.69 Å². The number of ether oxygens (including phenoxy) is 2. The molecule has 0 saturated heterocycles. The number of carbonyl (C=O) groups is 1. The number of nitrogens with zero attached hydrogens (tertiary/aromatic N) is 1.